The fraction of sp³-hybridized carbons (Fsp3) is 0.286. The molecule has 1 aliphatic heterocycles. The Kier molecular flexibility index (Phi) is 7.56. The van der Waals surface area contributed by atoms with Crippen LogP contribution in [0.15, 0.2) is 53.5 Å². The number of nitrogens with zero attached hydrogens (tertiary/aromatic N) is 2. The monoisotopic (exact) mass is 492 g/mol. The molecule has 148 valence electrons. The smallest absolute Gasteiger partial charge is 0.261 e. The van der Waals surface area contributed by atoms with Crippen LogP contribution in [0.2, 0.25) is 0 Å². The molecule has 1 atom stereocenters. The minimum Gasteiger partial charge on any atom is -0.370 e. The number of halogens is 1. The van der Waals surface area contributed by atoms with E-state index in [2.05, 4.69) is 36.3 Å². The molecule has 2 amide bonds. The lowest BCUT2D eigenvalue weighted by molar-refractivity contribution is 0.0659. The highest BCUT2D eigenvalue weighted by atomic mass is 127. The highest BCUT2D eigenvalue weighted by molar-refractivity contribution is 14.0. The summed E-state index contributed by atoms with van der Waals surface area (Å²) in [4.78, 5) is 30.0. The third-order valence-corrected chi connectivity index (χ3v) is 4.85. The number of benzene rings is 2. The topological polar surface area (TPSA) is 87.8 Å². The SMILES string of the molecule is CCC(C)c1ccc(NC(N)=NCCN2C(=O)c3ccccc3C2=O)cc1.I. The van der Waals surface area contributed by atoms with Gasteiger partial charge in [-0.2, -0.15) is 0 Å². The summed E-state index contributed by atoms with van der Waals surface area (Å²) >= 11 is 0. The molecule has 2 aromatic rings. The average molecular weight is 492 g/mol. The second kappa shape index (κ2) is 9.68. The van der Waals surface area contributed by atoms with E-state index in [4.69, 9.17) is 5.73 Å². The van der Waals surface area contributed by atoms with Gasteiger partial charge in [0, 0.05) is 12.2 Å². The number of nitrogens with one attached hydrogen (secondary N) is 1. The summed E-state index contributed by atoms with van der Waals surface area (Å²) in [7, 11) is 0. The molecule has 0 aliphatic carbocycles. The number of imide groups is 1. The molecule has 6 nitrogen and oxygen atoms in total. The van der Waals surface area contributed by atoms with E-state index in [-0.39, 0.29) is 54.8 Å². The number of anilines is 1. The minimum atomic E-state index is -0.280. The molecular formula is C21H25IN4O2. The molecule has 2 aromatic carbocycles. The molecular weight excluding hydrogens is 467 g/mol. The number of hydrogen-bond donors (Lipinski definition) is 2. The van der Waals surface area contributed by atoms with Crippen LogP contribution in [0.5, 0.6) is 0 Å². The van der Waals surface area contributed by atoms with E-state index in [1.165, 1.54) is 10.5 Å². The van der Waals surface area contributed by atoms with Crippen molar-refractivity contribution in [3.63, 3.8) is 0 Å². The zero-order valence-electron chi connectivity index (χ0n) is 16.0. The van der Waals surface area contributed by atoms with Gasteiger partial charge < -0.3 is 11.1 Å². The normalized spacial score (nSPS) is 14.5. The van der Waals surface area contributed by atoms with Crippen molar-refractivity contribution in [2.24, 2.45) is 10.7 Å². The first-order chi connectivity index (χ1) is 13.0. The van der Waals surface area contributed by atoms with Crippen molar-refractivity contribution in [1.29, 1.82) is 0 Å². The number of hydrogen-bond acceptors (Lipinski definition) is 3. The maximum Gasteiger partial charge on any atom is 0.261 e. The molecule has 1 aliphatic rings. The van der Waals surface area contributed by atoms with Crippen molar-refractivity contribution in [2.75, 3.05) is 18.4 Å². The molecule has 28 heavy (non-hydrogen) atoms. The summed E-state index contributed by atoms with van der Waals surface area (Å²) in [5, 5.41) is 3.03. The van der Waals surface area contributed by atoms with Gasteiger partial charge in [0.1, 0.15) is 0 Å². The fourth-order valence-corrected chi connectivity index (χ4v) is 3.03. The van der Waals surface area contributed by atoms with Crippen molar-refractivity contribution >= 4 is 47.4 Å². The summed E-state index contributed by atoms with van der Waals surface area (Å²) < 4.78 is 0. The summed E-state index contributed by atoms with van der Waals surface area (Å²) in [6.45, 7) is 4.80. The average Bonchev–Trinajstić information content (AvgIpc) is 2.93. The lowest BCUT2D eigenvalue weighted by Crippen LogP contribution is -2.33. The molecule has 3 N–H and O–H groups in total. The first-order valence-corrected chi connectivity index (χ1v) is 9.13. The van der Waals surface area contributed by atoms with Gasteiger partial charge in [-0.25, -0.2) is 0 Å². The van der Waals surface area contributed by atoms with E-state index >= 15 is 0 Å². The fourth-order valence-electron chi connectivity index (χ4n) is 3.03. The number of guanidine groups is 1. The van der Waals surface area contributed by atoms with Gasteiger partial charge in [-0.15, -0.1) is 24.0 Å². The molecule has 7 heteroatoms. The van der Waals surface area contributed by atoms with Crippen molar-refractivity contribution in [2.45, 2.75) is 26.2 Å². The highest BCUT2D eigenvalue weighted by Gasteiger charge is 2.34. The van der Waals surface area contributed by atoms with Gasteiger partial charge in [0.25, 0.3) is 11.8 Å². The van der Waals surface area contributed by atoms with Crippen LogP contribution in [-0.4, -0.2) is 35.8 Å². The molecule has 0 saturated carbocycles. The Balaban J connectivity index is 0.00000280. The van der Waals surface area contributed by atoms with Crippen molar-refractivity contribution in [3.8, 4) is 0 Å². The molecule has 1 heterocycles. The van der Waals surface area contributed by atoms with Crippen LogP contribution < -0.4 is 11.1 Å². The number of carbonyl (C=O) groups is 2. The summed E-state index contributed by atoms with van der Waals surface area (Å²) in [5.74, 6) is 0.212. The molecule has 0 saturated heterocycles. The van der Waals surface area contributed by atoms with E-state index < -0.39 is 0 Å². The molecule has 0 aromatic heterocycles. The number of amides is 2. The molecule has 3 rings (SSSR count). The summed E-state index contributed by atoms with van der Waals surface area (Å²) in [6.07, 6.45) is 1.09. The van der Waals surface area contributed by atoms with Crippen LogP contribution in [0.3, 0.4) is 0 Å². The zero-order valence-corrected chi connectivity index (χ0v) is 18.3. The van der Waals surface area contributed by atoms with Gasteiger partial charge in [0.2, 0.25) is 0 Å². The number of rotatable bonds is 6. The van der Waals surface area contributed by atoms with Crippen molar-refractivity contribution in [3.05, 3.63) is 65.2 Å². The van der Waals surface area contributed by atoms with Gasteiger partial charge in [0.05, 0.1) is 17.7 Å². The molecule has 1 unspecified atom stereocenters. The molecule has 0 fully saturated rings. The lowest BCUT2D eigenvalue weighted by Gasteiger charge is -2.13. The standard InChI is InChI=1S/C21H24N4O2.HI/c1-3-14(2)15-8-10-16(11-9-15)24-21(22)23-12-13-25-19(26)17-6-4-5-7-18(17)20(25)27;/h4-11,14H,3,12-13H2,1-2H3,(H3,22,23,24);1H. The van der Waals surface area contributed by atoms with Crippen molar-refractivity contribution in [1.82, 2.24) is 4.90 Å². The third kappa shape index (κ3) is 4.70. The van der Waals surface area contributed by atoms with Gasteiger partial charge in [0.15, 0.2) is 5.96 Å². The van der Waals surface area contributed by atoms with E-state index in [1.54, 1.807) is 24.3 Å². The van der Waals surface area contributed by atoms with Gasteiger partial charge in [-0.1, -0.05) is 38.1 Å². The zero-order chi connectivity index (χ0) is 19.4. The number of nitrogens with two attached hydrogens (primary N) is 1. The number of carbonyl (C=O) groups excluding carboxylic acids is 2. The van der Waals surface area contributed by atoms with E-state index in [9.17, 15) is 9.59 Å². The van der Waals surface area contributed by atoms with E-state index in [0.29, 0.717) is 17.0 Å². The highest BCUT2D eigenvalue weighted by Crippen LogP contribution is 2.22. The largest absolute Gasteiger partial charge is 0.370 e. The first-order valence-electron chi connectivity index (χ1n) is 9.13. The molecule has 0 spiro atoms. The lowest BCUT2D eigenvalue weighted by atomic mass is 9.99. The van der Waals surface area contributed by atoms with Gasteiger partial charge in [-0.05, 0) is 42.2 Å². The number of aliphatic imine (C=N–C) groups is 1. The van der Waals surface area contributed by atoms with Gasteiger partial charge >= 0.3 is 0 Å². The molecule has 0 bridgehead atoms. The van der Waals surface area contributed by atoms with Crippen LogP contribution in [0.1, 0.15) is 52.5 Å². The van der Waals surface area contributed by atoms with Crippen LogP contribution >= 0.6 is 24.0 Å². The Bertz CT molecular complexity index is 845. The minimum absolute atomic E-state index is 0. The predicted molar refractivity (Wildman–Crippen MR) is 122 cm³/mol. The first kappa shape index (κ1) is 21.9. The third-order valence-electron chi connectivity index (χ3n) is 4.85. The maximum atomic E-state index is 12.3. The Morgan fingerprint density at radius 1 is 1.07 bits per heavy atom. The molecule has 0 radical (unpaired) electrons. The second-order valence-electron chi connectivity index (χ2n) is 6.63. The van der Waals surface area contributed by atoms with E-state index in [0.717, 1.165) is 12.1 Å². The maximum absolute atomic E-state index is 12.3. The van der Waals surface area contributed by atoms with Crippen LogP contribution in [0.25, 0.3) is 0 Å². The van der Waals surface area contributed by atoms with Crippen LogP contribution in [0.4, 0.5) is 5.69 Å². The second-order valence-corrected chi connectivity index (χ2v) is 6.63. The van der Waals surface area contributed by atoms with Gasteiger partial charge in [-0.3, -0.25) is 19.5 Å². The van der Waals surface area contributed by atoms with E-state index in [1.807, 2.05) is 12.1 Å². The Morgan fingerprint density at radius 2 is 1.64 bits per heavy atom. The quantitative estimate of drug-likeness (QED) is 0.278. The summed E-state index contributed by atoms with van der Waals surface area (Å²) in [6, 6.07) is 14.9. The predicted octanol–water partition coefficient (Wildman–Crippen LogP) is 3.84. The Morgan fingerprint density at radius 3 is 2.18 bits per heavy atom. The Hall–Kier alpha value is -2.42. The summed E-state index contributed by atoms with van der Waals surface area (Å²) in [5.41, 5.74) is 8.94. The van der Waals surface area contributed by atoms with Crippen LogP contribution in [-0.2, 0) is 0 Å². The Labute approximate surface area is 182 Å². The van der Waals surface area contributed by atoms with Crippen molar-refractivity contribution < 1.29 is 9.59 Å². The van der Waals surface area contributed by atoms with Crippen LogP contribution in [0, 0.1) is 0 Å². The number of fused-ring (bicyclic) bond motifs is 1.